The molecule has 146 valence electrons. The smallest absolute Gasteiger partial charge is 0.310 e. The molecule has 7 nitrogen and oxygen atoms in total. The van der Waals surface area contributed by atoms with Gasteiger partial charge >= 0.3 is 5.97 Å². The van der Waals surface area contributed by atoms with E-state index in [0.717, 1.165) is 0 Å². The molecule has 0 saturated carbocycles. The van der Waals surface area contributed by atoms with Crippen LogP contribution in [0.25, 0.3) is 0 Å². The van der Waals surface area contributed by atoms with Crippen molar-refractivity contribution in [1.29, 1.82) is 0 Å². The zero-order chi connectivity index (χ0) is 20.1. The molecular formula is C20H26N2O5. The van der Waals surface area contributed by atoms with Crippen LogP contribution in [0.5, 0.6) is 0 Å². The summed E-state index contributed by atoms with van der Waals surface area (Å²) in [4.78, 5) is 49.9. The van der Waals surface area contributed by atoms with Gasteiger partial charge in [0, 0.05) is 31.3 Å². The number of rotatable bonds is 6. The third-order valence-corrected chi connectivity index (χ3v) is 4.64. The number of carbonyl (C=O) groups excluding carboxylic acids is 4. The molecule has 0 aliphatic carbocycles. The standard InChI is InChI=1S/C20H26N2O5/c1-12(2)18(27-20(26)15-8-9-22(4)17(24)11-15)19(25)21-16-7-5-6-14(10-16)13(3)23/h5-7,10,12,15,18H,8-9,11H2,1-4H3,(H,21,25)/t15-,18+/m1/s1. The lowest BCUT2D eigenvalue weighted by Crippen LogP contribution is -2.42. The van der Waals surface area contributed by atoms with Gasteiger partial charge in [0.2, 0.25) is 5.91 Å². The maximum absolute atomic E-state index is 12.6. The second kappa shape index (κ2) is 8.79. The van der Waals surface area contributed by atoms with Crippen molar-refractivity contribution in [3.05, 3.63) is 29.8 Å². The van der Waals surface area contributed by atoms with Crippen LogP contribution in [0.2, 0.25) is 0 Å². The summed E-state index contributed by atoms with van der Waals surface area (Å²) in [6.45, 7) is 5.50. The normalized spacial score (nSPS) is 18.2. The zero-order valence-electron chi connectivity index (χ0n) is 16.2. The fourth-order valence-corrected chi connectivity index (χ4v) is 2.89. The van der Waals surface area contributed by atoms with Crippen molar-refractivity contribution in [2.45, 2.75) is 39.7 Å². The molecule has 1 aromatic rings. The highest BCUT2D eigenvalue weighted by Gasteiger charge is 2.34. The monoisotopic (exact) mass is 374 g/mol. The molecule has 1 aliphatic rings. The number of carbonyl (C=O) groups is 4. The predicted molar refractivity (Wildman–Crippen MR) is 100 cm³/mol. The molecule has 0 bridgehead atoms. The van der Waals surface area contributed by atoms with Crippen LogP contribution >= 0.6 is 0 Å². The van der Waals surface area contributed by atoms with E-state index in [4.69, 9.17) is 4.74 Å². The Labute approximate surface area is 159 Å². The Morgan fingerprint density at radius 2 is 1.96 bits per heavy atom. The molecule has 0 spiro atoms. The highest BCUT2D eigenvalue weighted by molar-refractivity contribution is 5.99. The molecule has 0 unspecified atom stereocenters. The molecule has 1 saturated heterocycles. The second-order valence-corrected chi connectivity index (χ2v) is 7.23. The van der Waals surface area contributed by atoms with Crippen LogP contribution in [0, 0.1) is 11.8 Å². The number of amides is 2. The van der Waals surface area contributed by atoms with Crippen LogP contribution < -0.4 is 5.32 Å². The van der Waals surface area contributed by atoms with Gasteiger partial charge in [-0.1, -0.05) is 26.0 Å². The van der Waals surface area contributed by atoms with Crippen molar-refractivity contribution in [1.82, 2.24) is 4.90 Å². The fraction of sp³-hybridized carbons (Fsp3) is 0.500. The van der Waals surface area contributed by atoms with E-state index in [1.165, 1.54) is 6.92 Å². The van der Waals surface area contributed by atoms with Crippen molar-refractivity contribution in [2.24, 2.45) is 11.8 Å². The van der Waals surface area contributed by atoms with Crippen LogP contribution in [0.3, 0.4) is 0 Å². The van der Waals surface area contributed by atoms with Gasteiger partial charge in [0.1, 0.15) is 0 Å². The summed E-state index contributed by atoms with van der Waals surface area (Å²) in [7, 11) is 1.70. The van der Waals surface area contributed by atoms with Gasteiger partial charge in [-0.05, 0) is 31.4 Å². The van der Waals surface area contributed by atoms with E-state index in [1.54, 1.807) is 50.1 Å². The minimum atomic E-state index is -0.978. The Kier molecular flexibility index (Phi) is 6.71. The molecule has 0 aromatic heterocycles. The summed E-state index contributed by atoms with van der Waals surface area (Å²) in [6, 6.07) is 6.58. The number of nitrogens with zero attached hydrogens (tertiary/aromatic N) is 1. The van der Waals surface area contributed by atoms with Gasteiger partial charge in [-0.15, -0.1) is 0 Å². The minimum Gasteiger partial charge on any atom is -0.452 e. The molecule has 1 fully saturated rings. The zero-order valence-corrected chi connectivity index (χ0v) is 16.2. The molecule has 7 heteroatoms. The van der Waals surface area contributed by atoms with E-state index in [0.29, 0.717) is 24.2 Å². The van der Waals surface area contributed by atoms with E-state index in [2.05, 4.69) is 5.32 Å². The third-order valence-electron chi connectivity index (χ3n) is 4.64. The average Bonchev–Trinajstić information content (AvgIpc) is 2.61. The number of nitrogens with one attached hydrogen (secondary N) is 1. The first-order valence-corrected chi connectivity index (χ1v) is 9.05. The topological polar surface area (TPSA) is 92.8 Å². The van der Waals surface area contributed by atoms with Gasteiger partial charge < -0.3 is 15.0 Å². The van der Waals surface area contributed by atoms with E-state index >= 15 is 0 Å². The molecule has 0 radical (unpaired) electrons. The fourth-order valence-electron chi connectivity index (χ4n) is 2.89. The van der Waals surface area contributed by atoms with Gasteiger partial charge in [-0.25, -0.2) is 0 Å². The molecule has 1 aromatic carbocycles. The SMILES string of the molecule is CC(=O)c1cccc(NC(=O)[C@@H](OC(=O)[C@@H]2CCN(C)C(=O)C2)C(C)C)c1. The summed E-state index contributed by atoms with van der Waals surface area (Å²) in [5, 5.41) is 2.70. The molecule has 2 atom stereocenters. The predicted octanol–water partition coefficient (Wildman–Crippen LogP) is 2.26. The molecular weight excluding hydrogens is 348 g/mol. The molecule has 1 N–H and O–H groups in total. The lowest BCUT2D eigenvalue weighted by Gasteiger charge is -2.29. The van der Waals surface area contributed by atoms with Crippen LogP contribution in [-0.2, 0) is 19.1 Å². The number of esters is 1. The Hall–Kier alpha value is -2.70. The Bertz CT molecular complexity index is 744. The summed E-state index contributed by atoms with van der Waals surface area (Å²) in [5.41, 5.74) is 0.944. The van der Waals surface area contributed by atoms with Crippen molar-refractivity contribution in [2.75, 3.05) is 18.9 Å². The molecule has 2 amide bonds. The number of likely N-dealkylation sites (tertiary alicyclic amines) is 1. The number of anilines is 1. The number of ketones is 1. The van der Waals surface area contributed by atoms with E-state index in [1.807, 2.05) is 0 Å². The van der Waals surface area contributed by atoms with Crippen LogP contribution in [0.1, 0.15) is 44.0 Å². The maximum atomic E-state index is 12.6. The first-order valence-electron chi connectivity index (χ1n) is 9.05. The highest BCUT2D eigenvalue weighted by Crippen LogP contribution is 2.21. The molecule has 2 rings (SSSR count). The first-order chi connectivity index (χ1) is 12.7. The number of hydrogen-bond acceptors (Lipinski definition) is 5. The number of piperidine rings is 1. The van der Waals surface area contributed by atoms with Gasteiger partial charge in [0.05, 0.1) is 5.92 Å². The van der Waals surface area contributed by atoms with Crippen molar-refractivity contribution in [3.63, 3.8) is 0 Å². The quantitative estimate of drug-likeness (QED) is 0.609. The van der Waals surface area contributed by atoms with Crippen LogP contribution in [0.15, 0.2) is 24.3 Å². The molecule has 1 aliphatic heterocycles. The first kappa shape index (κ1) is 20.6. The van der Waals surface area contributed by atoms with E-state index in [9.17, 15) is 19.2 Å². The summed E-state index contributed by atoms with van der Waals surface area (Å²) in [6.07, 6.45) is -0.357. The number of ether oxygens (including phenoxy) is 1. The minimum absolute atomic E-state index is 0.0996. The van der Waals surface area contributed by atoms with E-state index < -0.39 is 23.9 Å². The van der Waals surface area contributed by atoms with Gasteiger partial charge in [0.15, 0.2) is 11.9 Å². The van der Waals surface area contributed by atoms with Gasteiger partial charge in [-0.2, -0.15) is 0 Å². The van der Waals surface area contributed by atoms with E-state index in [-0.39, 0.29) is 24.0 Å². The second-order valence-electron chi connectivity index (χ2n) is 7.23. The van der Waals surface area contributed by atoms with Crippen LogP contribution in [0.4, 0.5) is 5.69 Å². The largest absolute Gasteiger partial charge is 0.452 e. The maximum Gasteiger partial charge on any atom is 0.310 e. The third kappa shape index (κ3) is 5.39. The van der Waals surface area contributed by atoms with Crippen molar-refractivity contribution >= 4 is 29.3 Å². The Morgan fingerprint density at radius 3 is 2.56 bits per heavy atom. The van der Waals surface area contributed by atoms with Crippen LogP contribution in [-0.4, -0.2) is 48.2 Å². The summed E-state index contributed by atoms with van der Waals surface area (Å²) in [5.74, 6) is -1.96. The summed E-state index contributed by atoms with van der Waals surface area (Å²) < 4.78 is 5.46. The van der Waals surface area contributed by atoms with Gasteiger partial charge in [0.25, 0.3) is 5.91 Å². The molecule has 1 heterocycles. The number of Topliss-reactive ketones (excluding diaryl/α,β-unsaturated/α-hetero) is 1. The lowest BCUT2D eigenvalue weighted by atomic mass is 9.96. The average molecular weight is 374 g/mol. The number of benzene rings is 1. The van der Waals surface area contributed by atoms with Gasteiger partial charge in [-0.3, -0.25) is 19.2 Å². The number of hydrogen-bond donors (Lipinski definition) is 1. The van der Waals surface area contributed by atoms with Crippen molar-refractivity contribution in [3.8, 4) is 0 Å². The summed E-state index contributed by atoms with van der Waals surface area (Å²) >= 11 is 0. The molecule has 27 heavy (non-hydrogen) atoms. The highest BCUT2D eigenvalue weighted by atomic mass is 16.5. The Balaban J connectivity index is 2.04. The Morgan fingerprint density at radius 1 is 1.26 bits per heavy atom. The lowest BCUT2D eigenvalue weighted by molar-refractivity contribution is -0.164. The van der Waals surface area contributed by atoms with Crippen molar-refractivity contribution < 1.29 is 23.9 Å².